The van der Waals surface area contributed by atoms with E-state index in [1.165, 1.54) is 66.4 Å². The van der Waals surface area contributed by atoms with Gasteiger partial charge in [0, 0.05) is 21.5 Å². The Kier molecular flexibility index (Phi) is 5.54. The molecule has 0 saturated carbocycles. The van der Waals surface area contributed by atoms with Crippen LogP contribution < -0.4 is 0 Å². The third kappa shape index (κ3) is 3.51. The van der Waals surface area contributed by atoms with Crippen molar-refractivity contribution in [3.05, 3.63) is 160 Å². The highest BCUT2D eigenvalue weighted by Gasteiger charge is 2.46. The molecule has 45 heavy (non-hydrogen) atoms. The quantitative estimate of drug-likeness (QED) is 0.202. The Morgan fingerprint density at radius 2 is 1.40 bits per heavy atom. The van der Waals surface area contributed by atoms with Gasteiger partial charge in [0.1, 0.15) is 11.2 Å². The van der Waals surface area contributed by atoms with Gasteiger partial charge in [-0.3, -0.25) is 0 Å². The van der Waals surface area contributed by atoms with Crippen molar-refractivity contribution >= 4 is 43.7 Å². The van der Waals surface area contributed by atoms with E-state index in [2.05, 4.69) is 154 Å². The first-order chi connectivity index (χ1) is 22.0. The van der Waals surface area contributed by atoms with Gasteiger partial charge in [0.25, 0.3) is 0 Å². The maximum atomic E-state index is 6.35. The number of aryl methyl sites for hydroxylation is 2. The van der Waals surface area contributed by atoms with Gasteiger partial charge < -0.3 is 8.98 Å². The predicted octanol–water partition coefficient (Wildman–Crippen LogP) is 11.5. The molecule has 2 aromatic heterocycles. The van der Waals surface area contributed by atoms with Gasteiger partial charge in [0.05, 0.1) is 22.1 Å². The molecule has 0 bridgehead atoms. The van der Waals surface area contributed by atoms with Gasteiger partial charge in [-0.25, -0.2) is 0 Å². The van der Waals surface area contributed by atoms with Crippen LogP contribution in [0, 0.1) is 13.8 Å². The van der Waals surface area contributed by atoms with Gasteiger partial charge in [-0.1, -0.05) is 104 Å². The molecule has 2 heteroatoms. The molecule has 0 amide bonds. The normalized spacial score (nSPS) is 16.5. The zero-order valence-corrected chi connectivity index (χ0v) is 26.2. The van der Waals surface area contributed by atoms with Crippen molar-refractivity contribution in [3.8, 4) is 5.69 Å². The zero-order chi connectivity index (χ0) is 30.4. The summed E-state index contributed by atoms with van der Waals surface area (Å²) < 4.78 is 8.89. The van der Waals surface area contributed by atoms with Crippen LogP contribution in [-0.2, 0) is 5.41 Å². The molecule has 3 heterocycles. The molecule has 0 fully saturated rings. The molecule has 2 nitrogen and oxygen atoms in total. The molecule has 2 atom stereocenters. The Balaban J connectivity index is 1.53. The van der Waals surface area contributed by atoms with E-state index in [0.29, 0.717) is 5.92 Å². The molecule has 6 aromatic carbocycles. The third-order valence-electron chi connectivity index (χ3n) is 10.4. The minimum atomic E-state index is -0.545. The fraction of sp³-hybridized carbons (Fsp3) is 0.163. The summed E-state index contributed by atoms with van der Waals surface area (Å²) in [6.45, 7) is 9.09. The first kappa shape index (κ1) is 26.3. The largest absolute Gasteiger partial charge is 0.456 e. The second-order valence-corrected chi connectivity index (χ2v) is 13.1. The third-order valence-corrected chi connectivity index (χ3v) is 10.4. The summed E-state index contributed by atoms with van der Waals surface area (Å²) in [6, 6.07) is 45.5. The van der Waals surface area contributed by atoms with Crippen LogP contribution in [-0.4, -0.2) is 4.57 Å². The molecule has 0 radical (unpaired) electrons. The van der Waals surface area contributed by atoms with Crippen molar-refractivity contribution in [3.63, 3.8) is 0 Å². The van der Waals surface area contributed by atoms with E-state index in [4.69, 9.17) is 4.42 Å². The number of fused-ring (bicyclic) bond motifs is 8. The number of benzene rings is 6. The van der Waals surface area contributed by atoms with E-state index in [1.54, 1.807) is 0 Å². The number of para-hydroxylation sites is 1. The average Bonchev–Trinajstić information content (AvgIpc) is 3.60. The first-order valence-electron chi connectivity index (χ1n) is 16.2. The fourth-order valence-corrected chi connectivity index (χ4v) is 8.11. The van der Waals surface area contributed by atoms with Crippen molar-refractivity contribution in [2.75, 3.05) is 0 Å². The highest BCUT2D eigenvalue weighted by molar-refractivity contribution is 6.13. The molecule has 0 aliphatic carbocycles. The lowest BCUT2D eigenvalue weighted by atomic mass is 9.62. The van der Waals surface area contributed by atoms with Crippen molar-refractivity contribution in [1.29, 1.82) is 0 Å². The Morgan fingerprint density at radius 3 is 2.24 bits per heavy atom. The summed E-state index contributed by atoms with van der Waals surface area (Å²) in [5.74, 6) is 0.451. The van der Waals surface area contributed by atoms with Gasteiger partial charge in [-0.05, 0) is 96.5 Å². The molecule has 2 unspecified atom stereocenters. The highest BCUT2D eigenvalue weighted by Crippen LogP contribution is 2.55. The highest BCUT2D eigenvalue weighted by atomic mass is 16.3. The molecular formula is C43H35NO. The van der Waals surface area contributed by atoms with Crippen LogP contribution in [0.1, 0.15) is 65.1 Å². The number of hydrogen-bond acceptors (Lipinski definition) is 1. The van der Waals surface area contributed by atoms with Crippen molar-refractivity contribution in [2.24, 2.45) is 0 Å². The van der Waals surface area contributed by atoms with Gasteiger partial charge in [-0.15, -0.1) is 0 Å². The summed E-state index contributed by atoms with van der Waals surface area (Å²) in [7, 11) is 0. The van der Waals surface area contributed by atoms with E-state index in [9.17, 15) is 0 Å². The fourth-order valence-electron chi connectivity index (χ4n) is 8.11. The second-order valence-electron chi connectivity index (χ2n) is 13.1. The predicted molar refractivity (Wildman–Crippen MR) is 188 cm³/mol. The lowest BCUT2D eigenvalue weighted by Gasteiger charge is -2.42. The number of aromatic nitrogens is 1. The Bertz CT molecular complexity index is 2460. The Morgan fingerprint density at radius 1 is 0.622 bits per heavy atom. The maximum Gasteiger partial charge on any atom is 0.135 e. The molecule has 0 saturated heterocycles. The minimum Gasteiger partial charge on any atom is -0.456 e. The molecule has 0 N–H and O–H groups in total. The monoisotopic (exact) mass is 581 g/mol. The average molecular weight is 582 g/mol. The van der Waals surface area contributed by atoms with Crippen LogP contribution in [0.25, 0.3) is 49.4 Å². The summed E-state index contributed by atoms with van der Waals surface area (Å²) in [6.07, 6.45) is 1.09. The SMILES string of the molecule is CCC(C)c1ccc2c(c1)C(c1ccccc1)(c1ccc3oc4ccccc4c3c1)c1cc(C)cc3c4cc(C)ccc4n-2c13. The van der Waals surface area contributed by atoms with Gasteiger partial charge in [0.2, 0.25) is 0 Å². The van der Waals surface area contributed by atoms with Crippen molar-refractivity contribution < 1.29 is 4.42 Å². The van der Waals surface area contributed by atoms with Gasteiger partial charge in [0.15, 0.2) is 0 Å². The number of rotatable bonds is 4. The van der Waals surface area contributed by atoms with E-state index in [0.717, 1.165) is 28.4 Å². The summed E-state index contributed by atoms with van der Waals surface area (Å²) in [5, 5.41) is 4.94. The molecule has 0 spiro atoms. The lowest BCUT2D eigenvalue weighted by Crippen LogP contribution is -2.35. The number of nitrogens with zero attached hydrogens (tertiary/aromatic N) is 1. The maximum absolute atomic E-state index is 6.35. The van der Waals surface area contributed by atoms with Crippen LogP contribution >= 0.6 is 0 Å². The summed E-state index contributed by atoms with van der Waals surface area (Å²) >= 11 is 0. The van der Waals surface area contributed by atoms with E-state index in [1.807, 2.05) is 0 Å². The van der Waals surface area contributed by atoms with Crippen molar-refractivity contribution in [1.82, 2.24) is 4.57 Å². The van der Waals surface area contributed by atoms with Crippen LogP contribution in [0.5, 0.6) is 0 Å². The summed E-state index contributed by atoms with van der Waals surface area (Å²) in [4.78, 5) is 0. The van der Waals surface area contributed by atoms with Gasteiger partial charge >= 0.3 is 0 Å². The van der Waals surface area contributed by atoms with Crippen LogP contribution in [0.15, 0.2) is 126 Å². The first-order valence-corrected chi connectivity index (χ1v) is 16.2. The van der Waals surface area contributed by atoms with Crippen molar-refractivity contribution in [2.45, 2.75) is 45.4 Å². The Hall–Kier alpha value is -5.08. The van der Waals surface area contributed by atoms with E-state index in [-0.39, 0.29) is 0 Å². The Labute approximate surface area is 263 Å². The standard InChI is InChI=1S/C43H35NO/c1-5-28(4)29-16-19-39-36(24-29)43(30-11-7-6-8-12-30,31-17-20-41-34(25-31)32-13-9-10-14-40(32)45-41)37-23-27(3)22-35-33-21-26(2)15-18-38(33)44(39)42(35)37/h6-25,28H,5H2,1-4H3. The molecule has 218 valence electrons. The second kappa shape index (κ2) is 9.46. The summed E-state index contributed by atoms with van der Waals surface area (Å²) in [5.41, 5.74) is 14.2. The molecule has 8 aromatic rings. The van der Waals surface area contributed by atoms with Gasteiger partial charge in [-0.2, -0.15) is 0 Å². The lowest BCUT2D eigenvalue weighted by molar-refractivity contribution is 0.667. The molecule has 1 aliphatic heterocycles. The van der Waals surface area contributed by atoms with E-state index >= 15 is 0 Å². The topological polar surface area (TPSA) is 18.1 Å². The zero-order valence-electron chi connectivity index (χ0n) is 26.2. The minimum absolute atomic E-state index is 0.451. The number of furan rings is 1. The van der Waals surface area contributed by atoms with Crippen LogP contribution in [0.3, 0.4) is 0 Å². The molecule has 9 rings (SSSR count). The smallest absolute Gasteiger partial charge is 0.135 e. The van der Waals surface area contributed by atoms with E-state index < -0.39 is 5.41 Å². The molecular weight excluding hydrogens is 546 g/mol. The van der Waals surface area contributed by atoms with Crippen LogP contribution in [0.2, 0.25) is 0 Å². The number of hydrogen-bond donors (Lipinski definition) is 0. The van der Waals surface area contributed by atoms with Crippen LogP contribution in [0.4, 0.5) is 0 Å². The molecule has 1 aliphatic rings.